The number of hydrogen-bond donors (Lipinski definition) is 0. The summed E-state index contributed by atoms with van der Waals surface area (Å²) >= 11 is 2.41. The van der Waals surface area contributed by atoms with Crippen molar-refractivity contribution in [3.63, 3.8) is 0 Å². The molecule has 0 amide bonds. The van der Waals surface area contributed by atoms with E-state index in [4.69, 9.17) is 0 Å². The number of fused-ring (bicyclic) bond motifs is 3. The van der Waals surface area contributed by atoms with Crippen molar-refractivity contribution in [3.05, 3.63) is 71.2 Å². The van der Waals surface area contributed by atoms with E-state index in [1.54, 1.807) is 0 Å². The fraction of sp³-hybridized carbons (Fsp3) is 0.0476. The summed E-state index contributed by atoms with van der Waals surface area (Å²) in [6.07, 6.45) is 0. The van der Waals surface area contributed by atoms with Gasteiger partial charge in [0, 0.05) is 0 Å². The monoisotopic (exact) mass is 378 g/mol. The molecule has 0 bridgehead atoms. The van der Waals surface area contributed by atoms with Crippen LogP contribution in [0.5, 0.6) is 0 Å². The zero-order valence-corrected chi connectivity index (χ0v) is 15.2. The minimum atomic E-state index is 0.517. The number of hydrogen-bond acceptors (Lipinski definition) is 1. The first-order valence-electron chi connectivity index (χ1n) is 7.69. The average molecular weight is 377 g/mol. The topological polar surface area (TPSA) is 0 Å². The summed E-state index contributed by atoms with van der Waals surface area (Å²) in [5, 5.41) is 5.51. The summed E-state index contributed by atoms with van der Waals surface area (Å²) < 4.78 is 4.43. The second-order valence-electron chi connectivity index (χ2n) is 5.96. The van der Waals surface area contributed by atoms with Crippen LogP contribution in [-0.4, -0.2) is 14.5 Å². The zero-order valence-electron chi connectivity index (χ0n) is 12.7. The molecule has 0 spiro atoms. The van der Waals surface area contributed by atoms with Gasteiger partial charge >= 0.3 is 145 Å². The molecule has 0 radical (unpaired) electrons. The Morgan fingerprint density at radius 3 is 2.39 bits per heavy atom. The van der Waals surface area contributed by atoms with Gasteiger partial charge in [-0.2, -0.15) is 0 Å². The van der Waals surface area contributed by atoms with E-state index in [-0.39, 0.29) is 0 Å². The fourth-order valence-electron chi connectivity index (χ4n) is 3.20. The summed E-state index contributed by atoms with van der Waals surface area (Å²) in [4.78, 5) is 1.35. The molecule has 0 aliphatic heterocycles. The summed E-state index contributed by atoms with van der Waals surface area (Å²) in [6, 6.07) is 24.8. The predicted octanol–water partition coefficient (Wildman–Crippen LogP) is 6.24. The third-order valence-electron chi connectivity index (χ3n) is 4.29. The standard InChI is InChI=1S/C21H14SSe/c1-13-7-18-9-15-8-17-11-19(14-5-3-2-4-6-14)22-20(17)10-16(15)12-21(18)23-13/h2-12H,1H3. The van der Waals surface area contributed by atoms with Gasteiger partial charge in [-0.25, -0.2) is 0 Å². The molecule has 0 unspecified atom stereocenters. The van der Waals surface area contributed by atoms with E-state index in [0.717, 1.165) is 0 Å². The molecule has 0 fully saturated rings. The van der Waals surface area contributed by atoms with E-state index in [1.807, 2.05) is 11.3 Å². The quantitative estimate of drug-likeness (QED) is 0.303. The first-order valence-corrected chi connectivity index (χ1v) is 10.2. The van der Waals surface area contributed by atoms with Crippen LogP contribution in [0.4, 0.5) is 0 Å². The van der Waals surface area contributed by atoms with Crippen LogP contribution in [0.3, 0.4) is 0 Å². The van der Waals surface area contributed by atoms with Crippen LogP contribution in [0.25, 0.3) is 40.9 Å². The van der Waals surface area contributed by atoms with Crippen LogP contribution in [0.2, 0.25) is 0 Å². The van der Waals surface area contributed by atoms with Crippen LogP contribution in [-0.2, 0) is 0 Å². The van der Waals surface area contributed by atoms with Gasteiger partial charge in [0.2, 0.25) is 0 Å². The molecule has 2 aromatic heterocycles. The molecule has 0 aliphatic rings. The first-order chi connectivity index (χ1) is 11.3. The van der Waals surface area contributed by atoms with Crippen molar-refractivity contribution < 1.29 is 0 Å². The van der Waals surface area contributed by atoms with Crippen LogP contribution in [0.1, 0.15) is 4.44 Å². The molecule has 5 rings (SSSR count). The molecular weight excluding hydrogens is 363 g/mol. The van der Waals surface area contributed by atoms with Crippen molar-refractivity contribution >= 4 is 56.3 Å². The van der Waals surface area contributed by atoms with Gasteiger partial charge in [-0.15, -0.1) is 0 Å². The second kappa shape index (κ2) is 5.07. The van der Waals surface area contributed by atoms with Crippen molar-refractivity contribution in [1.82, 2.24) is 0 Å². The summed E-state index contributed by atoms with van der Waals surface area (Å²) in [5.41, 5.74) is 1.31. The SMILES string of the molecule is Cc1cc2cc3cc4cc(-c5ccccc5)sc4cc3cc2[se]1. The molecule has 2 heterocycles. The van der Waals surface area contributed by atoms with Crippen molar-refractivity contribution in [2.45, 2.75) is 6.92 Å². The average Bonchev–Trinajstić information content (AvgIpc) is 3.12. The van der Waals surface area contributed by atoms with E-state index in [0.29, 0.717) is 14.5 Å². The number of aryl methyl sites for hydroxylation is 1. The van der Waals surface area contributed by atoms with Crippen LogP contribution in [0, 0.1) is 6.92 Å². The van der Waals surface area contributed by atoms with Crippen molar-refractivity contribution in [3.8, 4) is 10.4 Å². The van der Waals surface area contributed by atoms with E-state index >= 15 is 0 Å². The number of benzene rings is 3. The van der Waals surface area contributed by atoms with Gasteiger partial charge in [0.25, 0.3) is 0 Å². The van der Waals surface area contributed by atoms with Gasteiger partial charge < -0.3 is 0 Å². The van der Waals surface area contributed by atoms with Crippen LogP contribution >= 0.6 is 11.3 Å². The van der Waals surface area contributed by atoms with Crippen molar-refractivity contribution in [2.75, 3.05) is 0 Å². The van der Waals surface area contributed by atoms with Crippen molar-refractivity contribution in [1.29, 1.82) is 0 Å². The zero-order chi connectivity index (χ0) is 15.4. The maximum absolute atomic E-state index is 2.40. The molecule has 0 atom stereocenters. The van der Waals surface area contributed by atoms with Gasteiger partial charge in [-0.05, 0) is 0 Å². The van der Waals surface area contributed by atoms with E-state index in [2.05, 4.69) is 73.7 Å². The van der Waals surface area contributed by atoms with Gasteiger partial charge in [-0.3, -0.25) is 0 Å². The molecule has 23 heavy (non-hydrogen) atoms. The predicted molar refractivity (Wildman–Crippen MR) is 104 cm³/mol. The first kappa shape index (κ1) is 13.6. The third-order valence-corrected chi connectivity index (χ3v) is 7.56. The Balaban J connectivity index is 1.77. The number of rotatable bonds is 1. The molecule has 3 aromatic carbocycles. The third kappa shape index (κ3) is 2.26. The molecule has 0 saturated heterocycles. The number of thiophene rings is 1. The molecule has 0 saturated carbocycles. The Labute approximate surface area is 144 Å². The van der Waals surface area contributed by atoms with Crippen molar-refractivity contribution in [2.24, 2.45) is 0 Å². The molecule has 5 aromatic rings. The Hall–Kier alpha value is -1.86. The van der Waals surface area contributed by atoms with Gasteiger partial charge in [0.05, 0.1) is 0 Å². The summed E-state index contributed by atoms with van der Waals surface area (Å²) in [6.45, 7) is 2.25. The minimum absolute atomic E-state index is 0.517. The Kier molecular flexibility index (Phi) is 2.99. The Bertz CT molecular complexity index is 1090. The molecule has 110 valence electrons. The van der Waals surface area contributed by atoms with E-state index in [9.17, 15) is 0 Å². The van der Waals surface area contributed by atoms with E-state index in [1.165, 1.54) is 45.4 Å². The molecule has 2 heteroatoms. The summed E-state index contributed by atoms with van der Waals surface area (Å²) in [5.74, 6) is 0. The molecule has 0 N–H and O–H groups in total. The molecular formula is C21H14SSe. The molecule has 0 nitrogen and oxygen atoms in total. The van der Waals surface area contributed by atoms with Crippen LogP contribution < -0.4 is 0 Å². The van der Waals surface area contributed by atoms with Gasteiger partial charge in [0.15, 0.2) is 0 Å². The Morgan fingerprint density at radius 2 is 1.52 bits per heavy atom. The Morgan fingerprint density at radius 1 is 0.739 bits per heavy atom. The fourth-order valence-corrected chi connectivity index (χ4v) is 6.30. The van der Waals surface area contributed by atoms with E-state index < -0.39 is 0 Å². The molecule has 0 aliphatic carbocycles. The second-order valence-corrected chi connectivity index (χ2v) is 9.75. The van der Waals surface area contributed by atoms with Gasteiger partial charge in [-0.1, -0.05) is 0 Å². The maximum atomic E-state index is 2.40. The summed E-state index contributed by atoms with van der Waals surface area (Å²) in [7, 11) is 0. The van der Waals surface area contributed by atoms with Gasteiger partial charge in [0.1, 0.15) is 0 Å². The normalized spacial score (nSPS) is 11.7. The van der Waals surface area contributed by atoms with Crippen LogP contribution in [0.15, 0.2) is 66.7 Å².